The predicted octanol–water partition coefficient (Wildman–Crippen LogP) is 2.24. The number of morpholine rings is 2. The highest BCUT2D eigenvalue weighted by atomic mass is 16.5. The molecule has 3 fully saturated rings. The van der Waals surface area contributed by atoms with E-state index in [1.54, 1.807) is 0 Å². The van der Waals surface area contributed by atoms with Crippen LogP contribution in [-0.4, -0.2) is 75.5 Å². The summed E-state index contributed by atoms with van der Waals surface area (Å²) in [5, 5.41) is 0. The van der Waals surface area contributed by atoms with Crippen LogP contribution in [0.15, 0.2) is 0 Å². The molecule has 1 aliphatic carbocycles. The van der Waals surface area contributed by atoms with Crippen molar-refractivity contribution in [1.29, 1.82) is 0 Å². The lowest BCUT2D eigenvalue weighted by Crippen LogP contribution is -2.39. The molecule has 4 nitrogen and oxygen atoms in total. The van der Waals surface area contributed by atoms with Gasteiger partial charge in [-0.05, 0) is 25.3 Å². The lowest BCUT2D eigenvalue weighted by molar-refractivity contribution is 0.0278. The van der Waals surface area contributed by atoms with E-state index >= 15 is 0 Å². The lowest BCUT2D eigenvalue weighted by Gasteiger charge is -2.32. The van der Waals surface area contributed by atoms with E-state index in [-0.39, 0.29) is 0 Å². The second-order valence-corrected chi connectivity index (χ2v) is 6.46. The van der Waals surface area contributed by atoms with Gasteiger partial charge in [0.25, 0.3) is 0 Å². The molecule has 0 radical (unpaired) electrons. The first-order valence-electron chi connectivity index (χ1n) is 8.98. The Kier molecular flexibility index (Phi) is 8.64. The van der Waals surface area contributed by atoms with Crippen molar-refractivity contribution in [3.63, 3.8) is 0 Å². The van der Waals surface area contributed by atoms with E-state index < -0.39 is 0 Å². The molecule has 0 bridgehead atoms. The molecule has 2 saturated heterocycles. The Bertz CT molecular complexity index is 229. The summed E-state index contributed by atoms with van der Waals surface area (Å²) in [5.41, 5.74) is 0. The van der Waals surface area contributed by atoms with E-state index in [1.807, 2.05) is 0 Å². The summed E-state index contributed by atoms with van der Waals surface area (Å²) in [4.78, 5) is 4.98. The zero-order chi connectivity index (χ0) is 14.8. The van der Waals surface area contributed by atoms with E-state index in [0.29, 0.717) is 0 Å². The summed E-state index contributed by atoms with van der Waals surface area (Å²) in [6.45, 7) is 13.0. The molecule has 2 aliphatic heterocycles. The van der Waals surface area contributed by atoms with E-state index in [4.69, 9.17) is 9.47 Å². The van der Waals surface area contributed by atoms with Crippen molar-refractivity contribution >= 4 is 0 Å². The van der Waals surface area contributed by atoms with Crippen molar-refractivity contribution < 1.29 is 9.47 Å². The maximum absolute atomic E-state index is 5.35. The average Bonchev–Trinajstić information content (AvgIpc) is 2.58. The molecule has 0 atom stereocenters. The molecule has 2 heterocycles. The van der Waals surface area contributed by atoms with Crippen molar-refractivity contribution in [2.75, 3.05) is 65.7 Å². The van der Waals surface area contributed by atoms with Crippen LogP contribution in [0.2, 0.25) is 0 Å². The van der Waals surface area contributed by atoms with E-state index in [0.717, 1.165) is 58.5 Å². The Balaban J connectivity index is 0.000000173. The Hall–Kier alpha value is -0.160. The van der Waals surface area contributed by atoms with Gasteiger partial charge in [0.2, 0.25) is 0 Å². The molecular formula is C17H34N2O2. The fourth-order valence-corrected chi connectivity index (χ4v) is 3.44. The summed E-state index contributed by atoms with van der Waals surface area (Å²) < 4.78 is 10.5. The van der Waals surface area contributed by atoms with Gasteiger partial charge in [-0.25, -0.2) is 0 Å². The third-order valence-electron chi connectivity index (χ3n) is 4.90. The van der Waals surface area contributed by atoms with Gasteiger partial charge in [-0.15, -0.1) is 0 Å². The van der Waals surface area contributed by atoms with Crippen molar-refractivity contribution in [3.05, 3.63) is 0 Å². The van der Waals surface area contributed by atoms with Crippen LogP contribution in [0.4, 0.5) is 0 Å². The second kappa shape index (κ2) is 10.5. The Morgan fingerprint density at radius 2 is 1.29 bits per heavy atom. The maximum atomic E-state index is 5.35. The normalized spacial score (nSPS) is 26.1. The number of likely N-dealkylation sites (N-methyl/N-ethyl adjacent to an activating group) is 1. The third-order valence-corrected chi connectivity index (χ3v) is 4.90. The Labute approximate surface area is 130 Å². The number of hydrogen-bond acceptors (Lipinski definition) is 4. The first-order valence-corrected chi connectivity index (χ1v) is 8.98. The van der Waals surface area contributed by atoms with Crippen molar-refractivity contribution in [2.45, 2.75) is 39.0 Å². The zero-order valence-corrected chi connectivity index (χ0v) is 13.9. The topological polar surface area (TPSA) is 24.9 Å². The highest BCUT2D eigenvalue weighted by molar-refractivity contribution is 4.71. The van der Waals surface area contributed by atoms with Crippen LogP contribution in [-0.2, 0) is 9.47 Å². The van der Waals surface area contributed by atoms with Crippen LogP contribution >= 0.6 is 0 Å². The molecule has 124 valence electrons. The molecule has 21 heavy (non-hydrogen) atoms. The highest BCUT2D eigenvalue weighted by Crippen LogP contribution is 2.24. The van der Waals surface area contributed by atoms with Crippen LogP contribution in [0, 0.1) is 5.92 Å². The summed E-state index contributed by atoms with van der Waals surface area (Å²) in [5.74, 6) is 0.992. The van der Waals surface area contributed by atoms with Crippen LogP contribution in [0.25, 0.3) is 0 Å². The van der Waals surface area contributed by atoms with Gasteiger partial charge in [0.05, 0.1) is 26.4 Å². The van der Waals surface area contributed by atoms with Gasteiger partial charge in [0, 0.05) is 32.7 Å². The molecule has 3 rings (SSSR count). The van der Waals surface area contributed by atoms with E-state index in [2.05, 4.69) is 16.7 Å². The van der Waals surface area contributed by atoms with Gasteiger partial charge < -0.3 is 9.47 Å². The predicted molar refractivity (Wildman–Crippen MR) is 86.8 cm³/mol. The third kappa shape index (κ3) is 7.09. The molecule has 0 spiro atoms. The van der Waals surface area contributed by atoms with Gasteiger partial charge in [-0.2, -0.15) is 0 Å². The minimum absolute atomic E-state index is 0.924. The minimum Gasteiger partial charge on any atom is -0.379 e. The Morgan fingerprint density at radius 1 is 0.762 bits per heavy atom. The maximum Gasteiger partial charge on any atom is 0.0594 e. The molecule has 0 unspecified atom stereocenters. The van der Waals surface area contributed by atoms with Crippen molar-refractivity contribution in [2.24, 2.45) is 5.92 Å². The molecule has 0 aromatic carbocycles. The van der Waals surface area contributed by atoms with Crippen LogP contribution < -0.4 is 0 Å². The summed E-state index contributed by atoms with van der Waals surface area (Å²) in [6, 6.07) is 0. The van der Waals surface area contributed by atoms with Gasteiger partial charge in [-0.1, -0.05) is 26.2 Å². The van der Waals surface area contributed by atoms with Gasteiger partial charge in [0.1, 0.15) is 0 Å². The first kappa shape index (κ1) is 17.2. The van der Waals surface area contributed by atoms with E-state index in [9.17, 15) is 0 Å². The van der Waals surface area contributed by atoms with Crippen LogP contribution in [0.3, 0.4) is 0 Å². The highest BCUT2D eigenvalue weighted by Gasteiger charge is 2.18. The lowest BCUT2D eigenvalue weighted by atomic mass is 9.89. The zero-order valence-electron chi connectivity index (χ0n) is 13.9. The molecule has 0 aromatic heterocycles. The first-order chi connectivity index (χ1) is 10.4. The molecule has 1 saturated carbocycles. The number of rotatable bonds is 3. The number of nitrogens with zero attached hydrogens (tertiary/aromatic N) is 2. The fraction of sp³-hybridized carbons (Fsp3) is 1.00. The molecule has 0 aromatic rings. The summed E-state index contributed by atoms with van der Waals surface area (Å²) in [7, 11) is 0. The largest absolute Gasteiger partial charge is 0.379 e. The Morgan fingerprint density at radius 3 is 1.76 bits per heavy atom. The van der Waals surface area contributed by atoms with Crippen LogP contribution in [0.1, 0.15) is 39.0 Å². The summed E-state index contributed by atoms with van der Waals surface area (Å²) >= 11 is 0. The molecule has 0 amide bonds. The molecule has 0 N–H and O–H groups in total. The number of ether oxygens (including phenoxy) is 2. The standard InChI is InChI=1S/C11H21NO.C6H13NO/c1-2-4-11(5-3-1)10-12-6-8-13-9-7-12;1-2-7-3-5-8-6-4-7/h11H,1-10H2;2-6H2,1H3. The SMILES string of the molecule is C1CCC(CN2CCOCC2)CC1.CCN1CCOCC1. The smallest absolute Gasteiger partial charge is 0.0594 e. The van der Waals surface area contributed by atoms with Gasteiger partial charge in [-0.3, -0.25) is 9.80 Å². The number of hydrogen-bond donors (Lipinski definition) is 0. The van der Waals surface area contributed by atoms with Crippen LogP contribution in [0.5, 0.6) is 0 Å². The molecule has 4 heteroatoms. The second-order valence-electron chi connectivity index (χ2n) is 6.46. The average molecular weight is 298 g/mol. The quantitative estimate of drug-likeness (QED) is 0.798. The minimum atomic E-state index is 0.924. The van der Waals surface area contributed by atoms with Crippen molar-refractivity contribution in [3.8, 4) is 0 Å². The van der Waals surface area contributed by atoms with Gasteiger partial charge in [0.15, 0.2) is 0 Å². The fourth-order valence-electron chi connectivity index (χ4n) is 3.44. The van der Waals surface area contributed by atoms with Crippen molar-refractivity contribution in [1.82, 2.24) is 9.80 Å². The summed E-state index contributed by atoms with van der Waals surface area (Å²) in [6.07, 6.45) is 7.35. The molecule has 3 aliphatic rings. The molecular weight excluding hydrogens is 264 g/mol. The van der Waals surface area contributed by atoms with Gasteiger partial charge >= 0.3 is 0 Å². The monoisotopic (exact) mass is 298 g/mol. The van der Waals surface area contributed by atoms with E-state index in [1.165, 1.54) is 45.2 Å².